The van der Waals surface area contributed by atoms with Gasteiger partial charge in [0.05, 0.1) is 25.0 Å². The molecule has 0 spiro atoms. The van der Waals surface area contributed by atoms with E-state index < -0.39 is 0 Å². The molecule has 0 aromatic heterocycles. The normalized spacial score (nSPS) is 10.9. The van der Waals surface area contributed by atoms with Gasteiger partial charge in [-0.1, -0.05) is 15.9 Å². The number of halogens is 1. The Morgan fingerprint density at radius 2 is 2.00 bits per heavy atom. The van der Waals surface area contributed by atoms with E-state index in [0.717, 1.165) is 4.47 Å². The molecule has 0 aliphatic rings. The Balaban J connectivity index is 2.13. The van der Waals surface area contributed by atoms with Crippen molar-refractivity contribution in [3.05, 3.63) is 52.0 Å². The molecular weight excluding hydrogens is 388 g/mol. The fourth-order valence-electron chi connectivity index (χ4n) is 2.04. The van der Waals surface area contributed by atoms with Gasteiger partial charge in [0.2, 0.25) is 0 Å². The van der Waals surface area contributed by atoms with E-state index in [4.69, 9.17) is 9.47 Å². The Morgan fingerprint density at radius 3 is 2.68 bits per heavy atom. The minimum absolute atomic E-state index is 0.0355. The van der Waals surface area contributed by atoms with Gasteiger partial charge in [0.1, 0.15) is 5.75 Å². The molecule has 0 atom stereocenters. The number of carbonyl (C=O) groups is 1. The van der Waals surface area contributed by atoms with Gasteiger partial charge in [-0.15, -0.1) is 0 Å². The number of aromatic hydroxyl groups is 1. The largest absolute Gasteiger partial charge is 0.504 e. The molecule has 2 N–H and O–H groups in total. The van der Waals surface area contributed by atoms with Crippen LogP contribution in [-0.2, 0) is 0 Å². The fraction of sp³-hybridized carbons (Fsp3) is 0.222. The van der Waals surface area contributed by atoms with Gasteiger partial charge in [0, 0.05) is 4.47 Å². The van der Waals surface area contributed by atoms with Gasteiger partial charge in [0.15, 0.2) is 11.5 Å². The van der Waals surface area contributed by atoms with Crippen molar-refractivity contribution in [1.82, 2.24) is 5.43 Å². The fourth-order valence-corrected chi connectivity index (χ4v) is 2.40. The first kappa shape index (κ1) is 18.8. The molecular formula is C18H19BrN2O4. The molecule has 2 aromatic rings. The van der Waals surface area contributed by atoms with Crippen LogP contribution >= 0.6 is 15.9 Å². The summed E-state index contributed by atoms with van der Waals surface area (Å²) in [7, 11) is 1.46. The third-order valence-corrected chi connectivity index (χ3v) is 3.63. The zero-order chi connectivity index (χ0) is 18.4. The Kier molecular flexibility index (Phi) is 6.41. The predicted octanol–water partition coefficient (Wildman–Crippen LogP) is 3.71. The molecule has 0 radical (unpaired) electrons. The highest BCUT2D eigenvalue weighted by atomic mass is 79.9. The minimum atomic E-state index is -0.390. The molecule has 0 saturated heterocycles. The molecule has 132 valence electrons. The molecule has 0 heterocycles. The van der Waals surface area contributed by atoms with Gasteiger partial charge < -0.3 is 14.6 Å². The van der Waals surface area contributed by atoms with Crippen LogP contribution in [0.15, 0.2) is 46.0 Å². The Morgan fingerprint density at radius 1 is 1.24 bits per heavy atom. The number of hydrazone groups is 1. The summed E-state index contributed by atoms with van der Waals surface area (Å²) in [5, 5.41) is 13.5. The standard InChI is InChI=1S/C18H19BrN2O4/c1-11(2)25-16-7-5-13(19)9-14(16)18(23)21-20-10-12-4-6-15(22)17(8-12)24-3/h4-11,22H,1-3H3,(H,21,23)/b20-10-. The summed E-state index contributed by atoms with van der Waals surface area (Å²) in [5.41, 5.74) is 3.51. The summed E-state index contributed by atoms with van der Waals surface area (Å²) >= 11 is 3.35. The van der Waals surface area contributed by atoms with Crippen LogP contribution in [0.2, 0.25) is 0 Å². The maximum atomic E-state index is 12.4. The average molecular weight is 407 g/mol. The second-order valence-corrected chi connectivity index (χ2v) is 6.35. The summed E-state index contributed by atoms with van der Waals surface area (Å²) in [4.78, 5) is 12.4. The quantitative estimate of drug-likeness (QED) is 0.565. The van der Waals surface area contributed by atoms with E-state index in [2.05, 4.69) is 26.5 Å². The number of rotatable bonds is 6. The summed E-state index contributed by atoms with van der Waals surface area (Å²) in [6, 6.07) is 9.96. The number of hydrogen-bond acceptors (Lipinski definition) is 5. The van der Waals surface area contributed by atoms with E-state index >= 15 is 0 Å². The van der Waals surface area contributed by atoms with E-state index in [-0.39, 0.29) is 17.8 Å². The first-order chi connectivity index (χ1) is 11.9. The molecule has 2 aromatic carbocycles. The number of amides is 1. The maximum Gasteiger partial charge on any atom is 0.275 e. The van der Waals surface area contributed by atoms with Crippen LogP contribution < -0.4 is 14.9 Å². The number of phenolic OH excluding ortho intramolecular Hbond substituents is 1. The van der Waals surface area contributed by atoms with Crippen molar-refractivity contribution < 1.29 is 19.4 Å². The molecule has 0 saturated carbocycles. The van der Waals surface area contributed by atoms with Gasteiger partial charge in [-0.25, -0.2) is 5.43 Å². The van der Waals surface area contributed by atoms with E-state index in [1.165, 1.54) is 19.4 Å². The summed E-state index contributed by atoms with van der Waals surface area (Å²) in [5.74, 6) is 0.458. The van der Waals surface area contributed by atoms with Gasteiger partial charge in [-0.05, 0) is 55.8 Å². The number of benzene rings is 2. The van der Waals surface area contributed by atoms with Crippen molar-refractivity contribution in [1.29, 1.82) is 0 Å². The Hall–Kier alpha value is -2.54. The van der Waals surface area contributed by atoms with Crippen molar-refractivity contribution in [3.8, 4) is 17.2 Å². The van der Waals surface area contributed by atoms with Crippen LogP contribution in [0.4, 0.5) is 0 Å². The highest BCUT2D eigenvalue weighted by molar-refractivity contribution is 9.10. The first-order valence-corrected chi connectivity index (χ1v) is 8.36. The summed E-state index contributed by atoms with van der Waals surface area (Å²) < 4.78 is 11.4. The molecule has 6 nitrogen and oxygen atoms in total. The number of carbonyl (C=O) groups excluding carboxylic acids is 1. The van der Waals surface area contributed by atoms with E-state index in [9.17, 15) is 9.90 Å². The van der Waals surface area contributed by atoms with E-state index in [1.54, 1.807) is 30.3 Å². The van der Waals surface area contributed by atoms with Gasteiger partial charge in [-0.3, -0.25) is 4.79 Å². The molecule has 0 unspecified atom stereocenters. The lowest BCUT2D eigenvalue weighted by atomic mass is 10.2. The maximum absolute atomic E-state index is 12.4. The van der Waals surface area contributed by atoms with Gasteiger partial charge >= 0.3 is 0 Å². The van der Waals surface area contributed by atoms with Gasteiger partial charge in [-0.2, -0.15) is 5.10 Å². The van der Waals surface area contributed by atoms with Gasteiger partial charge in [0.25, 0.3) is 5.91 Å². The average Bonchev–Trinajstić information content (AvgIpc) is 2.57. The Bertz CT molecular complexity index is 791. The van der Waals surface area contributed by atoms with Crippen molar-refractivity contribution in [2.75, 3.05) is 7.11 Å². The predicted molar refractivity (Wildman–Crippen MR) is 99.6 cm³/mol. The number of nitrogens with one attached hydrogen (secondary N) is 1. The SMILES string of the molecule is COc1cc(/C=N\NC(=O)c2cc(Br)ccc2OC(C)C)ccc1O. The third kappa shape index (κ3) is 5.22. The topological polar surface area (TPSA) is 80.2 Å². The second kappa shape index (κ2) is 8.53. The number of phenols is 1. The van der Waals surface area contributed by atoms with Crippen molar-refractivity contribution >= 4 is 28.1 Å². The van der Waals surface area contributed by atoms with Crippen LogP contribution in [0, 0.1) is 0 Å². The van der Waals surface area contributed by atoms with E-state index in [1.807, 2.05) is 13.8 Å². The zero-order valence-electron chi connectivity index (χ0n) is 14.1. The van der Waals surface area contributed by atoms with Crippen molar-refractivity contribution in [3.63, 3.8) is 0 Å². The smallest absolute Gasteiger partial charge is 0.275 e. The number of ether oxygens (including phenoxy) is 2. The minimum Gasteiger partial charge on any atom is -0.504 e. The lowest BCUT2D eigenvalue weighted by Crippen LogP contribution is -2.20. The van der Waals surface area contributed by atoms with Crippen LogP contribution in [-0.4, -0.2) is 30.4 Å². The zero-order valence-corrected chi connectivity index (χ0v) is 15.7. The molecule has 7 heteroatoms. The van der Waals surface area contributed by atoms with Crippen molar-refractivity contribution in [2.24, 2.45) is 5.10 Å². The second-order valence-electron chi connectivity index (χ2n) is 5.44. The molecule has 1 amide bonds. The summed E-state index contributed by atoms with van der Waals surface area (Å²) in [6.45, 7) is 3.78. The lowest BCUT2D eigenvalue weighted by molar-refractivity contribution is 0.0949. The number of nitrogens with zero attached hydrogens (tertiary/aromatic N) is 1. The third-order valence-electron chi connectivity index (χ3n) is 3.13. The van der Waals surface area contributed by atoms with Crippen LogP contribution in [0.25, 0.3) is 0 Å². The number of methoxy groups -OCH3 is 1. The molecule has 0 aliphatic heterocycles. The molecule has 0 bridgehead atoms. The highest BCUT2D eigenvalue weighted by Crippen LogP contribution is 2.26. The van der Waals surface area contributed by atoms with Crippen LogP contribution in [0.5, 0.6) is 17.2 Å². The Labute approximate surface area is 154 Å². The molecule has 25 heavy (non-hydrogen) atoms. The molecule has 0 aliphatic carbocycles. The van der Waals surface area contributed by atoms with Crippen LogP contribution in [0.1, 0.15) is 29.8 Å². The highest BCUT2D eigenvalue weighted by Gasteiger charge is 2.14. The monoisotopic (exact) mass is 406 g/mol. The number of hydrogen-bond donors (Lipinski definition) is 2. The first-order valence-electron chi connectivity index (χ1n) is 7.57. The summed E-state index contributed by atoms with van der Waals surface area (Å²) in [6.07, 6.45) is 1.40. The molecule has 0 fully saturated rings. The van der Waals surface area contributed by atoms with Crippen LogP contribution in [0.3, 0.4) is 0 Å². The van der Waals surface area contributed by atoms with E-state index in [0.29, 0.717) is 22.6 Å². The lowest BCUT2D eigenvalue weighted by Gasteiger charge is -2.13. The van der Waals surface area contributed by atoms with Crippen molar-refractivity contribution in [2.45, 2.75) is 20.0 Å². The molecule has 2 rings (SSSR count).